The van der Waals surface area contributed by atoms with Crippen LogP contribution in [-0.2, 0) is 0 Å². The first kappa shape index (κ1) is 9.96. The summed E-state index contributed by atoms with van der Waals surface area (Å²) in [6.45, 7) is 7.34. The third-order valence-electron chi connectivity index (χ3n) is 2.20. The summed E-state index contributed by atoms with van der Waals surface area (Å²) in [5.74, 6) is 1.59. The average molecular weight is 179 g/mol. The number of anilines is 1. The van der Waals surface area contributed by atoms with Crippen molar-refractivity contribution in [1.82, 2.24) is 9.97 Å². The van der Waals surface area contributed by atoms with Crippen molar-refractivity contribution in [3.63, 3.8) is 0 Å². The maximum absolute atomic E-state index is 4.21. The maximum Gasteiger partial charge on any atom is 0.147 e. The molecule has 1 aromatic rings. The Bertz CT molecular complexity index is 260. The maximum atomic E-state index is 4.21. The minimum absolute atomic E-state index is 0.682. The average Bonchev–Trinajstić information content (AvgIpc) is 2.16. The summed E-state index contributed by atoms with van der Waals surface area (Å²) >= 11 is 0. The van der Waals surface area contributed by atoms with Crippen LogP contribution in [0.15, 0.2) is 12.4 Å². The van der Waals surface area contributed by atoms with Crippen molar-refractivity contribution in [2.75, 3.05) is 11.9 Å². The van der Waals surface area contributed by atoms with Crippen molar-refractivity contribution in [1.29, 1.82) is 0 Å². The molecule has 0 fully saturated rings. The molecule has 13 heavy (non-hydrogen) atoms. The summed E-state index contributed by atoms with van der Waals surface area (Å²) in [7, 11) is 0. The molecule has 3 nitrogen and oxygen atoms in total. The number of rotatable bonds is 4. The van der Waals surface area contributed by atoms with Crippen LogP contribution < -0.4 is 5.32 Å². The molecule has 0 aromatic carbocycles. The molecule has 0 aliphatic heterocycles. The highest BCUT2D eigenvalue weighted by molar-refractivity contribution is 5.38. The number of aryl methyl sites for hydroxylation is 1. The van der Waals surface area contributed by atoms with E-state index in [9.17, 15) is 0 Å². The summed E-state index contributed by atoms with van der Waals surface area (Å²) in [6.07, 6.45) is 4.61. The molecule has 1 N–H and O–H groups in total. The Morgan fingerprint density at radius 3 is 2.69 bits per heavy atom. The zero-order chi connectivity index (χ0) is 9.68. The first-order chi connectivity index (χ1) is 6.24. The normalized spacial score (nSPS) is 12.5. The summed E-state index contributed by atoms with van der Waals surface area (Å²) in [6, 6.07) is 0. The standard InChI is InChI=1S/C10H17N3/c1-4-8(2)7-13-10-9(3)11-5-6-12-10/h5-6,8H,4,7H2,1-3H3,(H,12,13). The Labute approximate surface area is 79.6 Å². The second-order valence-corrected chi connectivity index (χ2v) is 3.38. The van der Waals surface area contributed by atoms with Gasteiger partial charge < -0.3 is 5.32 Å². The molecule has 1 heterocycles. The van der Waals surface area contributed by atoms with E-state index in [2.05, 4.69) is 29.1 Å². The van der Waals surface area contributed by atoms with Crippen molar-refractivity contribution in [3.05, 3.63) is 18.1 Å². The molecule has 1 aromatic heterocycles. The van der Waals surface area contributed by atoms with Crippen LogP contribution in [-0.4, -0.2) is 16.5 Å². The zero-order valence-electron chi connectivity index (χ0n) is 8.54. The van der Waals surface area contributed by atoms with Crippen LogP contribution in [0.4, 0.5) is 5.82 Å². The zero-order valence-corrected chi connectivity index (χ0v) is 8.54. The molecular weight excluding hydrogens is 162 g/mol. The van der Waals surface area contributed by atoms with Gasteiger partial charge in [-0.05, 0) is 12.8 Å². The van der Waals surface area contributed by atoms with Gasteiger partial charge in [0.05, 0.1) is 5.69 Å². The monoisotopic (exact) mass is 179 g/mol. The van der Waals surface area contributed by atoms with Gasteiger partial charge in [-0.1, -0.05) is 20.3 Å². The molecule has 0 saturated carbocycles. The Morgan fingerprint density at radius 2 is 2.08 bits per heavy atom. The molecule has 1 atom stereocenters. The Kier molecular flexibility index (Phi) is 3.68. The van der Waals surface area contributed by atoms with Gasteiger partial charge in [-0.3, -0.25) is 4.98 Å². The van der Waals surface area contributed by atoms with E-state index in [0.29, 0.717) is 5.92 Å². The van der Waals surface area contributed by atoms with Gasteiger partial charge in [0.25, 0.3) is 0 Å². The number of hydrogen-bond acceptors (Lipinski definition) is 3. The van der Waals surface area contributed by atoms with E-state index < -0.39 is 0 Å². The summed E-state index contributed by atoms with van der Waals surface area (Å²) in [5, 5.41) is 3.29. The van der Waals surface area contributed by atoms with E-state index in [1.165, 1.54) is 6.42 Å². The van der Waals surface area contributed by atoms with E-state index in [0.717, 1.165) is 18.1 Å². The van der Waals surface area contributed by atoms with Crippen LogP contribution in [0.2, 0.25) is 0 Å². The molecule has 1 rings (SSSR count). The number of nitrogens with zero attached hydrogens (tertiary/aromatic N) is 2. The third kappa shape index (κ3) is 3.01. The molecule has 72 valence electrons. The molecule has 0 aliphatic rings. The van der Waals surface area contributed by atoms with E-state index in [1.54, 1.807) is 12.4 Å². The van der Waals surface area contributed by atoms with Gasteiger partial charge in [-0.15, -0.1) is 0 Å². The summed E-state index contributed by atoms with van der Waals surface area (Å²) in [5.41, 5.74) is 0.964. The Hall–Kier alpha value is -1.12. The molecule has 0 saturated heterocycles. The van der Waals surface area contributed by atoms with Crippen molar-refractivity contribution < 1.29 is 0 Å². The van der Waals surface area contributed by atoms with Crippen LogP contribution in [0.25, 0.3) is 0 Å². The van der Waals surface area contributed by atoms with Gasteiger partial charge in [-0.25, -0.2) is 4.98 Å². The van der Waals surface area contributed by atoms with E-state index in [4.69, 9.17) is 0 Å². The van der Waals surface area contributed by atoms with Crippen molar-refractivity contribution in [2.45, 2.75) is 27.2 Å². The first-order valence-electron chi connectivity index (χ1n) is 4.75. The first-order valence-corrected chi connectivity index (χ1v) is 4.75. The third-order valence-corrected chi connectivity index (χ3v) is 2.20. The Balaban J connectivity index is 2.50. The van der Waals surface area contributed by atoms with Gasteiger partial charge in [-0.2, -0.15) is 0 Å². The molecule has 0 radical (unpaired) electrons. The van der Waals surface area contributed by atoms with Crippen molar-refractivity contribution >= 4 is 5.82 Å². The number of hydrogen-bond donors (Lipinski definition) is 1. The quantitative estimate of drug-likeness (QED) is 0.770. The van der Waals surface area contributed by atoms with Crippen LogP contribution in [0, 0.1) is 12.8 Å². The second kappa shape index (κ2) is 4.80. The van der Waals surface area contributed by atoms with Gasteiger partial charge in [0.15, 0.2) is 0 Å². The van der Waals surface area contributed by atoms with Gasteiger partial charge in [0.2, 0.25) is 0 Å². The fourth-order valence-corrected chi connectivity index (χ4v) is 0.996. The van der Waals surface area contributed by atoms with Crippen LogP contribution >= 0.6 is 0 Å². The minimum Gasteiger partial charge on any atom is -0.368 e. The predicted octanol–water partition coefficient (Wildman–Crippen LogP) is 2.24. The highest BCUT2D eigenvalue weighted by Crippen LogP contribution is 2.08. The highest BCUT2D eigenvalue weighted by Gasteiger charge is 2.01. The highest BCUT2D eigenvalue weighted by atomic mass is 15.0. The van der Waals surface area contributed by atoms with Gasteiger partial charge in [0, 0.05) is 18.9 Å². The van der Waals surface area contributed by atoms with Crippen LogP contribution in [0.1, 0.15) is 26.0 Å². The SMILES string of the molecule is CCC(C)CNc1nccnc1C. The smallest absolute Gasteiger partial charge is 0.147 e. The lowest BCUT2D eigenvalue weighted by atomic mass is 10.1. The summed E-state index contributed by atoms with van der Waals surface area (Å²) in [4.78, 5) is 8.37. The van der Waals surface area contributed by atoms with E-state index >= 15 is 0 Å². The topological polar surface area (TPSA) is 37.8 Å². The lowest BCUT2D eigenvalue weighted by Crippen LogP contribution is -2.12. The van der Waals surface area contributed by atoms with Crippen LogP contribution in [0.3, 0.4) is 0 Å². The molecule has 0 amide bonds. The fraction of sp³-hybridized carbons (Fsp3) is 0.600. The lowest BCUT2D eigenvalue weighted by Gasteiger charge is -2.11. The minimum atomic E-state index is 0.682. The largest absolute Gasteiger partial charge is 0.368 e. The molecule has 0 bridgehead atoms. The fourth-order valence-electron chi connectivity index (χ4n) is 0.996. The van der Waals surface area contributed by atoms with E-state index in [-0.39, 0.29) is 0 Å². The number of nitrogens with one attached hydrogen (secondary N) is 1. The molecule has 0 spiro atoms. The van der Waals surface area contributed by atoms with Crippen LogP contribution in [0.5, 0.6) is 0 Å². The Morgan fingerprint density at radius 1 is 1.38 bits per heavy atom. The molecule has 1 unspecified atom stereocenters. The van der Waals surface area contributed by atoms with E-state index in [1.807, 2.05) is 6.92 Å². The number of aromatic nitrogens is 2. The van der Waals surface area contributed by atoms with Gasteiger partial charge in [0.1, 0.15) is 5.82 Å². The predicted molar refractivity (Wildman–Crippen MR) is 54.7 cm³/mol. The van der Waals surface area contributed by atoms with Crippen molar-refractivity contribution in [2.24, 2.45) is 5.92 Å². The molecule has 3 heteroatoms. The second-order valence-electron chi connectivity index (χ2n) is 3.38. The lowest BCUT2D eigenvalue weighted by molar-refractivity contribution is 0.592. The van der Waals surface area contributed by atoms with Gasteiger partial charge >= 0.3 is 0 Å². The molecule has 0 aliphatic carbocycles. The van der Waals surface area contributed by atoms with Crippen molar-refractivity contribution in [3.8, 4) is 0 Å². The summed E-state index contributed by atoms with van der Waals surface area (Å²) < 4.78 is 0. The molecular formula is C10H17N3.